The maximum Gasteiger partial charge on any atom is 0.207 e. The van der Waals surface area contributed by atoms with Crippen molar-refractivity contribution >= 4 is 44.0 Å². The minimum atomic E-state index is -0.116. The summed E-state index contributed by atoms with van der Waals surface area (Å²) in [4.78, 5) is 4.64. The number of hydrogen-bond donors (Lipinski definition) is 2. The van der Waals surface area contributed by atoms with Crippen LogP contribution >= 0.6 is 23.6 Å². The molecule has 4 rings (SSSR count). The quantitative estimate of drug-likeness (QED) is 0.832. The maximum absolute atomic E-state index is 5.44. The zero-order chi connectivity index (χ0) is 13.0. The molecule has 0 bridgehead atoms. The van der Waals surface area contributed by atoms with E-state index in [2.05, 4.69) is 28.7 Å². The second-order valence-electron chi connectivity index (χ2n) is 5.32. The summed E-state index contributed by atoms with van der Waals surface area (Å²) in [6, 6.07) is 8.16. The molecular weight excluding hydrogens is 276 g/mol. The Bertz CT molecular complexity index is 630. The smallest absolute Gasteiger partial charge is 0.207 e. The molecule has 6 heteroatoms. The van der Waals surface area contributed by atoms with Crippen LogP contribution in [0, 0.1) is 5.92 Å². The summed E-state index contributed by atoms with van der Waals surface area (Å²) in [6.45, 7) is 2.17. The van der Waals surface area contributed by atoms with Gasteiger partial charge in [0.05, 0.1) is 10.2 Å². The van der Waals surface area contributed by atoms with Gasteiger partial charge in [-0.3, -0.25) is 0 Å². The van der Waals surface area contributed by atoms with E-state index in [-0.39, 0.29) is 5.66 Å². The number of hydrazine groups is 1. The van der Waals surface area contributed by atoms with E-state index in [1.54, 1.807) is 11.3 Å². The van der Waals surface area contributed by atoms with Gasteiger partial charge in [0, 0.05) is 0 Å². The van der Waals surface area contributed by atoms with Crippen molar-refractivity contribution in [3.8, 4) is 0 Å². The fraction of sp³-hybridized carbons (Fsp3) is 0.385. The zero-order valence-electron chi connectivity index (χ0n) is 10.5. The van der Waals surface area contributed by atoms with Crippen molar-refractivity contribution < 1.29 is 0 Å². The number of hydrogen-bond acceptors (Lipinski definition) is 4. The molecule has 2 aliphatic rings. The Balaban J connectivity index is 1.70. The second kappa shape index (κ2) is 3.88. The van der Waals surface area contributed by atoms with Gasteiger partial charge in [0.15, 0.2) is 5.11 Å². The van der Waals surface area contributed by atoms with Gasteiger partial charge in [-0.15, -0.1) is 0 Å². The minimum Gasteiger partial charge on any atom is -0.342 e. The first kappa shape index (κ1) is 11.6. The Morgan fingerprint density at radius 1 is 1.42 bits per heavy atom. The summed E-state index contributed by atoms with van der Waals surface area (Å²) in [5.41, 5.74) is 4.39. The molecule has 1 saturated carbocycles. The van der Waals surface area contributed by atoms with Gasteiger partial charge in [0.1, 0.15) is 5.66 Å². The van der Waals surface area contributed by atoms with Gasteiger partial charge in [0.25, 0.3) is 0 Å². The van der Waals surface area contributed by atoms with Crippen molar-refractivity contribution in [3.05, 3.63) is 24.3 Å². The normalized spacial score (nSPS) is 27.0. The van der Waals surface area contributed by atoms with Crippen molar-refractivity contribution in [2.45, 2.75) is 25.4 Å². The molecule has 1 atom stereocenters. The van der Waals surface area contributed by atoms with E-state index in [9.17, 15) is 0 Å². The van der Waals surface area contributed by atoms with Gasteiger partial charge in [-0.2, -0.15) is 0 Å². The highest BCUT2D eigenvalue weighted by Gasteiger charge is 2.48. The summed E-state index contributed by atoms with van der Waals surface area (Å²) in [6.07, 6.45) is 2.51. The van der Waals surface area contributed by atoms with Crippen LogP contribution in [0.1, 0.15) is 19.8 Å². The third-order valence-corrected chi connectivity index (χ3v) is 5.09. The summed E-state index contributed by atoms with van der Waals surface area (Å²) in [5.74, 6) is 0.657. The first-order chi connectivity index (χ1) is 9.16. The van der Waals surface area contributed by atoms with Crippen LogP contribution in [0.2, 0.25) is 0 Å². The Morgan fingerprint density at radius 3 is 2.95 bits per heavy atom. The Labute approximate surface area is 120 Å². The number of aromatic nitrogens is 1. The number of thiazole rings is 1. The van der Waals surface area contributed by atoms with E-state index in [1.165, 1.54) is 17.5 Å². The molecule has 0 unspecified atom stereocenters. The van der Waals surface area contributed by atoms with Crippen LogP contribution in [0.5, 0.6) is 0 Å². The lowest BCUT2D eigenvalue weighted by Gasteiger charge is -2.24. The number of fused-ring (bicyclic) bond motifs is 1. The lowest BCUT2D eigenvalue weighted by Crippen LogP contribution is -2.50. The van der Waals surface area contributed by atoms with Crippen molar-refractivity contribution in [3.63, 3.8) is 0 Å². The molecule has 1 aliphatic heterocycles. The van der Waals surface area contributed by atoms with Gasteiger partial charge in [-0.1, -0.05) is 23.5 Å². The number of para-hydroxylation sites is 1. The summed E-state index contributed by atoms with van der Waals surface area (Å²) < 4.78 is 1.18. The highest BCUT2D eigenvalue weighted by molar-refractivity contribution is 7.80. The molecule has 2 heterocycles. The van der Waals surface area contributed by atoms with E-state index < -0.39 is 0 Å². The van der Waals surface area contributed by atoms with E-state index >= 15 is 0 Å². The summed E-state index contributed by atoms with van der Waals surface area (Å²) in [7, 11) is 0. The third kappa shape index (κ3) is 1.82. The molecule has 0 amide bonds. The Kier molecular flexibility index (Phi) is 2.36. The number of nitrogens with zero attached hydrogens (tertiary/aromatic N) is 2. The number of anilines is 1. The second-order valence-corrected chi connectivity index (χ2v) is 6.71. The lowest BCUT2D eigenvalue weighted by molar-refractivity contribution is 0.325. The Hall–Kier alpha value is -1.24. The van der Waals surface area contributed by atoms with Crippen LogP contribution in [0.4, 0.5) is 5.13 Å². The number of benzene rings is 1. The van der Waals surface area contributed by atoms with Crippen molar-refractivity contribution in [1.29, 1.82) is 0 Å². The van der Waals surface area contributed by atoms with Crippen LogP contribution in [0.25, 0.3) is 10.2 Å². The summed E-state index contributed by atoms with van der Waals surface area (Å²) >= 11 is 7.10. The summed E-state index contributed by atoms with van der Waals surface area (Å²) in [5, 5.41) is 6.93. The van der Waals surface area contributed by atoms with Crippen LogP contribution in [-0.4, -0.2) is 15.8 Å². The standard InChI is InChI=1S/C13H14N4S2/c1-13(8-6-7-8)15-11(18)17(16-13)12-14-9-4-2-3-5-10(9)19-12/h2-5,8,16H,6-7H2,1H3,(H,15,18)/t13-/m0/s1. The molecule has 1 saturated heterocycles. The van der Waals surface area contributed by atoms with Crippen LogP contribution in [-0.2, 0) is 0 Å². The fourth-order valence-electron chi connectivity index (χ4n) is 2.53. The molecule has 2 fully saturated rings. The molecule has 1 aliphatic carbocycles. The predicted molar refractivity (Wildman–Crippen MR) is 82.1 cm³/mol. The maximum atomic E-state index is 5.44. The predicted octanol–water partition coefficient (Wildman–Crippen LogP) is 2.62. The molecule has 98 valence electrons. The molecule has 0 radical (unpaired) electrons. The highest BCUT2D eigenvalue weighted by atomic mass is 32.1. The molecule has 1 aromatic carbocycles. The van der Waals surface area contributed by atoms with Gasteiger partial charge in [-0.05, 0) is 50.0 Å². The third-order valence-electron chi connectivity index (χ3n) is 3.78. The van der Waals surface area contributed by atoms with Crippen LogP contribution < -0.4 is 15.8 Å². The number of thiocarbonyl (C=S) groups is 1. The fourth-order valence-corrected chi connectivity index (χ4v) is 3.87. The van der Waals surface area contributed by atoms with Crippen molar-refractivity contribution in [2.24, 2.45) is 5.92 Å². The molecule has 2 N–H and O–H groups in total. The van der Waals surface area contributed by atoms with Gasteiger partial charge >= 0.3 is 0 Å². The molecular formula is C13H14N4S2. The van der Waals surface area contributed by atoms with Gasteiger partial charge in [0.2, 0.25) is 5.13 Å². The van der Waals surface area contributed by atoms with Gasteiger partial charge in [-0.25, -0.2) is 15.4 Å². The highest BCUT2D eigenvalue weighted by Crippen LogP contribution is 2.41. The van der Waals surface area contributed by atoms with Crippen molar-refractivity contribution in [2.75, 3.05) is 5.01 Å². The monoisotopic (exact) mass is 290 g/mol. The van der Waals surface area contributed by atoms with Crippen LogP contribution in [0.15, 0.2) is 24.3 Å². The topological polar surface area (TPSA) is 40.2 Å². The van der Waals surface area contributed by atoms with E-state index in [1.807, 2.05) is 23.2 Å². The molecule has 0 spiro atoms. The number of rotatable bonds is 2. The van der Waals surface area contributed by atoms with Gasteiger partial charge < -0.3 is 5.32 Å². The average Bonchev–Trinajstić information content (AvgIpc) is 3.09. The van der Waals surface area contributed by atoms with E-state index in [4.69, 9.17) is 12.2 Å². The SMILES string of the molecule is C[C@]1(C2CC2)NC(=S)N(c2nc3ccccc3s2)N1. The first-order valence-corrected chi connectivity index (χ1v) is 7.64. The molecule has 19 heavy (non-hydrogen) atoms. The Morgan fingerprint density at radius 2 is 2.21 bits per heavy atom. The largest absolute Gasteiger partial charge is 0.342 e. The molecule has 4 nitrogen and oxygen atoms in total. The molecule has 2 aromatic rings. The van der Waals surface area contributed by atoms with E-state index in [0.29, 0.717) is 11.0 Å². The number of nitrogens with one attached hydrogen (secondary N) is 2. The first-order valence-electron chi connectivity index (χ1n) is 6.41. The van der Waals surface area contributed by atoms with Crippen molar-refractivity contribution in [1.82, 2.24) is 15.7 Å². The minimum absolute atomic E-state index is 0.116. The zero-order valence-corrected chi connectivity index (χ0v) is 12.1. The average molecular weight is 290 g/mol. The van der Waals surface area contributed by atoms with Crippen LogP contribution in [0.3, 0.4) is 0 Å². The lowest BCUT2D eigenvalue weighted by atomic mass is 10.1. The van der Waals surface area contributed by atoms with E-state index in [0.717, 1.165) is 10.6 Å². The molecule has 1 aromatic heterocycles.